The van der Waals surface area contributed by atoms with Crippen molar-refractivity contribution >= 4 is 23.2 Å². The van der Waals surface area contributed by atoms with Gasteiger partial charge in [-0.05, 0) is 44.4 Å². The maximum Gasteiger partial charge on any atom is 0.242 e. The minimum Gasteiger partial charge on any atom is -0.332 e. The van der Waals surface area contributed by atoms with Crippen LogP contribution in [0.5, 0.6) is 0 Å². The summed E-state index contributed by atoms with van der Waals surface area (Å²) in [7, 11) is 0. The van der Waals surface area contributed by atoms with E-state index in [0.29, 0.717) is 19.5 Å². The van der Waals surface area contributed by atoms with Crippen LogP contribution in [0.1, 0.15) is 55.4 Å². The lowest BCUT2D eigenvalue weighted by Gasteiger charge is -2.31. The number of amides is 2. The van der Waals surface area contributed by atoms with E-state index < -0.39 is 0 Å². The molecule has 2 aromatic rings. The van der Waals surface area contributed by atoms with Crippen molar-refractivity contribution in [1.82, 2.24) is 9.80 Å². The molecule has 2 rings (SSSR count). The van der Waals surface area contributed by atoms with Crippen LogP contribution in [-0.2, 0) is 22.7 Å². The highest BCUT2D eigenvalue weighted by molar-refractivity contribution is 7.11. The lowest BCUT2D eigenvalue weighted by Crippen LogP contribution is -2.46. The summed E-state index contributed by atoms with van der Waals surface area (Å²) in [6.07, 6.45) is 2.12. The summed E-state index contributed by atoms with van der Waals surface area (Å²) in [5.74, 6) is 0.0662. The molecule has 0 aliphatic rings. The molecule has 0 fully saturated rings. The van der Waals surface area contributed by atoms with E-state index in [0.717, 1.165) is 23.3 Å². The van der Waals surface area contributed by atoms with Gasteiger partial charge in [-0.3, -0.25) is 9.59 Å². The molecule has 4 nitrogen and oxygen atoms in total. The topological polar surface area (TPSA) is 40.6 Å². The molecule has 0 N–H and O–H groups in total. The fourth-order valence-electron chi connectivity index (χ4n) is 3.11. The maximum atomic E-state index is 13.2. The third kappa shape index (κ3) is 6.48. The summed E-state index contributed by atoms with van der Waals surface area (Å²) in [5, 5.41) is 0. The average molecular weight is 401 g/mol. The molecule has 0 aliphatic heterocycles. The highest BCUT2D eigenvalue weighted by atomic mass is 32.1. The van der Waals surface area contributed by atoms with E-state index in [4.69, 9.17) is 0 Å². The molecule has 0 radical (unpaired) electrons. The molecule has 28 heavy (non-hydrogen) atoms. The summed E-state index contributed by atoms with van der Waals surface area (Å²) in [4.78, 5) is 31.8. The predicted molar refractivity (Wildman–Crippen MR) is 116 cm³/mol. The Kier molecular flexibility index (Phi) is 8.71. The SMILES string of the molecule is CCCC(=O)N(CC(=O)N(Cc1ccccc1)Cc1ccc(C)s1)[C@H](C)CC. The number of benzene rings is 1. The van der Waals surface area contributed by atoms with Gasteiger partial charge in [-0.1, -0.05) is 44.2 Å². The quantitative estimate of drug-likeness (QED) is 0.562. The van der Waals surface area contributed by atoms with Crippen LogP contribution in [0.3, 0.4) is 0 Å². The minimum atomic E-state index is -0.000316. The van der Waals surface area contributed by atoms with Crippen LogP contribution < -0.4 is 0 Å². The molecule has 1 heterocycles. The summed E-state index contributed by atoms with van der Waals surface area (Å²) in [6, 6.07) is 14.3. The summed E-state index contributed by atoms with van der Waals surface area (Å²) in [5.41, 5.74) is 1.10. The van der Waals surface area contributed by atoms with E-state index in [1.54, 1.807) is 16.2 Å². The number of aryl methyl sites for hydroxylation is 1. The Balaban J connectivity index is 2.19. The van der Waals surface area contributed by atoms with Gasteiger partial charge in [0.2, 0.25) is 11.8 Å². The van der Waals surface area contributed by atoms with Crippen LogP contribution >= 0.6 is 11.3 Å². The molecule has 152 valence electrons. The van der Waals surface area contributed by atoms with Crippen molar-refractivity contribution in [2.75, 3.05) is 6.54 Å². The first kappa shape index (κ1) is 22.2. The average Bonchev–Trinajstić information content (AvgIpc) is 3.10. The van der Waals surface area contributed by atoms with Crippen LogP contribution in [-0.4, -0.2) is 34.2 Å². The predicted octanol–water partition coefficient (Wildman–Crippen LogP) is 5.01. The normalized spacial score (nSPS) is 11.9. The smallest absolute Gasteiger partial charge is 0.242 e. The summed E-state index contributed by atoms with van der Waals surface area (Å²) < 4.78 is 0. The number of carbonyl (C=O) groups is 2. The third-order valence-corrected chi connectivity index (χ3v) is 5.91. The highest BCUT2D eigenvalue weighted by Crippen LogP contribution is 2.19. The second-order valence-corrected chi connectivity index (χ2v) is 8.65. The number of rotatable bonds is 10. The van der Waals surface area contributed by atoms with E-state index in [2.05, 4.69) is 26.0 Å². The van der Waals surface area contributed by atoms with Crippen LogP contribution in [0.4, 0.5) is 0 Å². The second kappa shape index (κ2) is 11.0. The Labute approximate surface area is 173 Å². The molecular formula is C23H32N2O2S. The first-order valence-corrected chi connectivity index (χ1v) is 10.9. The Morgan fingerprint density at radius 1 is 1.00 bits per heavy atom. The van der Waals surface area contributed by atoms with Crippen LogP contribution in [0.15, 0.2) is 42.5 Å². The largest absolute Gasteiger partial charge is 0.332 e. The van der Waals surface area contributed by atoms with Crippen molar-refractivity contribution in [3.63, 3.8) is 0 Å². The van der Waals surface area contributed by atoms with E-state index >= 15 is 0 Å². The minimum absolute atomic E-state index is 0.000316. The van der Waals surface area contributed by atoms with Crippen molar-refractivity contribution in [1.29, 1.82) is 0 Å². The highest BCUT2D eigenvalue weighted by Gasteiger charge is 2.24. The van der Waals surface area contributed by atoms with Crippen molar-refractivity contribution in [3.05, 3.63) is 57.8 Å². The molecule has 1 aromatic heterocycles. The fraction of sp³-hybridized carbons (Fsp3) is 0.478. The van der Waals surface area contributed by atoms with Gasteiger partial charge in [-0.15, -0.1) is 11.3 Å². The third-order valence-electron chi connectivity index (χ3n) is 4.92. The molecule has 0 unspecified atom stereocenters. The zero-order chi connectivity index (χ0) is 20.5. The van der Waals surface area contributed by atoms with Gasteiger partial charge in [-0.25, -0.2) is 0 Å². The maximum absolute atomic E-state index is 13.2. The van der Waals surface area contributed by atoms with Crippen molar-refractivity contribution < 1.29 is 9.59 Å². The number of thiophene rings is 1. The molecule has 0 saturated heterocycles. The second-order valence-electron chi connectivity index (χ2n) is 7.28. The number of hydrogen-bond donors (Lipinski definition) is 0. The summed E-state index contributed by atoms with van der Waals surface area (Å²) >= 11 is 1.71. The molecular weight excluding hydrogens is 368 g/mol. The van der Waals surface area contributed by atoms with Gasteiger partial charge in [0.25, 0.3) is 0 Å². The molecule has 0 aliphatic carbocycles. The van der Waals surface area contributed by atoms with Crippen LogP contribution in [0.25, 0.3) is 0 Å². The monoisotopic (exact) mass is 400 g/mol. The van der Waals surface area contributed by atoms with Gasteiger partial charge in [0, 0.05) is 28.8 Å². The van der Waals surface area contributed by atoms with Gasteiger partial charge < -0.3 is 9.80 Å². The Hall–Kier alpha value is -2.14. The molecule has 1 aromatic carbocycles. The Morgan fingerprint density at radius 3 is 2.29 bits per heavy atom. The molecule has 1 atom stereocenters. The Bertz CT molecular complexity index is 757. The van der Waals surface area contributed by atoms with Gasteiger partial charge in [0.15, 0.2) is 0 Å². The standard InChI is InChI=1S/C23H32N2O2S/c1-5-10-22(26)25(18(3)6-2)17-23(27)24(15-20-11-8-7-9-12-20)16-21-14-13-19(4)28-21/h7-9,11-14,18H,5-6,10,15-17H2,1-4H3/t18-/m1/s1. The Morgan fingerprint density at radius 2 is 1.71 bits per heavy atom. The van der Waals surface area contributed by atoms with E-state index in [1.165, 1.54) is 4.88 Å². The lowest BCUT2D eigenvalue weighted by atomic mass is 10.1. The van der Waals surface area contributed by atoms with E-state index in [1.807, 2.05) is 49.1 Å². The van der Waals surface area contributed by atoms with Crippen molar-refractivity contribution in [2.24, 2.45) is 0 Å². The van der Waals surface area contributed by atoms with Crippen molar-refractivity contribution in [3.8, 4) is 0 Å². The van der Waals surface area contributed by atoms with Crippen molar-refractivity contribution in [2.45, 2.75) is 66.1 Å². The number of carbonyl (C=O) groups excluding carboxylic acids is 2. The number of hydrogen-bond acceptors (Lipinski definition) is 3. The first-order valence-electron chi connectivity index (χ1n) is 10.1. The molecule has 0 spiro atoms. The van der Waals surface area contributed by atoms with Gasteiger partial charge in [-0.2, -0.15) is 0 Å². The van der Waals surface area contributed by atoms with E-state index in [-0.39, 0.29) is 24.4 Å². The zero-order valence-electron chi connectivity index (χ0n) is 17.5. The zero-order valence-corrected chi connectivity index (χ0v) is 18.3. The molecule has 5 heteroatoms. The van der Waals surface area contributed by atoms with Gasteiger partial charge >= 0.3 is 0 Å². The molecule has 2 amide bonds. The lowest BCUT2D eigenvalue weighted by molar-refractivity contribution is -0.143. The van der Waals surface area contributed by atoms with Gasteiger partial charge in [0.05, 0.1) is 6.54 Å². The summed E-state index contributed by atoms with van der Waals surface area (Å²) in [6.45, 7) is 9.41. The first-order chi connectivity index (χ1) is 13.4. The van der Waals surface area contributed by atoms with Crippen LogP contribution in [0.2, 0.25) is 0 Å². The molecule has 0 bridgehead atoms. The van der Waals surface area contributed by atoms with Crippen LogP contribution in [0, 0.1) is 6.92 Å². The fourth-order valence-corrected chi connectivity index (χ4v) is 4.01. The molecule has 0 saturated carbocycles. The van der Waals surface area contributed by atoms with Gasteiger partial charge in [0.1, 0.15) is 6.54 Å². The number of nitrogens with zero attached hydrogens (tertiary/aromatic N) is 2. The van der Waals surface area contributed by atoms with E-state index in [9.17, 15) is 9.59 Å².